The fraction of sp³-hybridized carbons (Fsp3) is 0.500. The van der Waals surface area contributed by atoms with Crippen molar-refractivity contribution in [3.05, 3.63) is 11.6 Å². The predicted octanol–water partition coefficient (Wildman–Crippen LogP) is 0.734. The van der Waals surface area contributed by atoms with Gasteiger partial charge in [0.05, 0.1) is 6.61 Å². The molecule has 0 aliphatic heterocycles. The summed E-state index contributed by atoms with van der Waals surface area (Å²) in [5, 5.41) is 8.47. The van der Waals surface area contributed by atoms with Crippen molar-refractivity contribution in [3.8, 4) is 0 Å². The Balaban J connectivity index is 3.76. The van der Waals surface area contributed by atoms with Gasteiger partial charge in [-0.25, -0.2) is 14.4 Å². The van der Waals surface area contributed by atoms with Crippen molar-refractivity contribution in [1.82, 2.24) is 0 Å². The maximum absolute atomic E-state index is 11.0. The number of ether oxygens (including phenoxy) is 3. The number of hydrogen-bond donors (Lipinski definition) is 1. The van der Waals surface area contributed by atoms with E-state index < -0.39 is 18.1 Å². The van der Waals surface area contributed by atoms with E-state index in [2.05, 4.69) is 14.2 Å². The third-order valence-electron chi connectivity index (χ3n) is 1.48. The van der Waals surface area contributed by atoms with Gasteiger partial charge in [0.2, 0.25) is 0 Å². The van der Waals surface area contributed by atoms with Gasteiger partial charge in [-0.05, 0) is 13.8 Å². The molecule has 0 spiro atoms. The lowest BCUT2D eigenvalue weighted by Gasteiger charge is -2.04. The summed E-state index contributed by atoms with van der Waals surface area (Å²) in [6, 6.07) is 0. The highest BCUT2D eigenvalue weighted by Gasteiger charge is 2.06. The number of rotatable bonds is 6. The van der Waals surface area contributed by atoms with E-state index in [-0.39, 0.29) is 25.4 Å². The predicted molar refractivity (Wildman–Crippen MR) is 55.3 cm³/mol. The molecule has 7 nitrogen and oxygen atoms in total. The number of carboxylic acid groups (broad SMARTS) is 1. The molecule has 0 rings (SSSR count). The molecule has 0 amide bonds. The lowest BCUT2D eigenvalue weighted by molar-refractivity contribution is -0.140. The first-order valence-electron chi connectivity index (χ1n) is 4.85. The van der Waals surface area contributed by atoms with Crippen LogP contribution in [0.5, 0.6) is 0 Å². The number of carbonyl (C=O) groups excluding carboxylic acids is 2. The maximum atomic E-state index is 11.0. The zero-order valence-electron chi connectivity index (χ0n) is 9.60. The minimum absolute atomic E-state index is 0.138. The highest BCUT2D eigenvalue weighted by atomic mass is 16.7. The van der Waals surface area contributed by atoms with Crippen LogP contribution in [0.3, 0.4) is 0 Å². The van der Waals surface area contributed by atoms with E-state index in [1.807, 2.05) is 0 Å². The number of aliphatic carboxylic acids is 1. The van der Waals surface area contributed by atoms with Crippen LogP contribution in [-0.2, 0) is 23.8 Å². The van der Waals surface area contributed by atoms with Crippen LogP contribution in [0.1, 0.15) is 13.8 Å². The second kappa shape index (κ2) is 8.14. The van der Waals surface area contributed by atoms with Gasteiger partial charge < -0.3 is 19.3 Å². The summed E-state index contributed by atoms with van der Waals surface area (Å²) in [7, 11) is 0. The Morgan fingerprint density at radius 3 is 2.24 bits per heavy atom. The first kappa shape index (κ1) is 14.9. The minimum Gasteiger partial charge on any atom is -0.478 e. The Labute approximate surface area is 98.0 Å². The van der Waals surface area contributed by atoms with Crippen LogP contribution in [0.2, 0.25) is 0 Å². The molecular formula is C10H14O7. The van der Waals surface area contributed by atoms with E-state index in [0.29, 0.717) is 0 Å². The van der Waals surface area contributed by atoms with Gasteiger partial charge in [0, 0.05) is 11.6 Å². The minimum atomic E-state index is -1.20. The number of esters is 1. The van der Waals surface area contributed by atoms with Crippen molar-refractivity contribution >= 4 is 18.1 Å². The molecule has 0 unspecified atom stereocenters. The van der Waals surface area contributed by atoms with E-state index in [4.69, 9.17) is 5.11 Å². The zero-order valence-corrected chi connectivity index (χ0v) is 9.60. The van der Waals surface area contributed by atoms with Crippen LogP contribution < -0.4 is 0 Å². The fourth-order valence-electron chi connectivity index (χ4n) is 0.707. The lowest BCUT2D eigenvalue weighted by atomic mass is 10.3. The van der Waals surface area contributed by atoms with Crippen molar-refractivity contribution in [3.63, 3.8) is 0 Å². The molecule has 17 heavy (non-hydrogen) atoms. The molecule has 0 heterocycles. The Hall–Kier alpha value is -2.05. The van der Waals surface area contributed by atoms with Crippen molar-refractivity contribution in [2.24, 2.45) is 0 Å². The van der Waals surface area contributed by atoms with E-state index in [0.717, 1.165) is 6.08 Å². The molecule has 96 valence electrons. The summed E-state index contributed by atoms with van der Waals surface area (Å²) in [4.78, 5) is 32.0. The molecule has 7 heteroatoms. The van der Waals surface area contributed by atoms with Crippen molar-refractivity contribution in [1.29, 1.82) is 0 Å². The van der Waals surface area contributed by atoms with Gasteiger partial charge in [-0.1, -0.05) is 0 Å². The highest BCUT2D eigenvalue weighted by molar-refractivity contribution is 5.94. The monoisotopic (exact) mass is 246 g/mol. The van der Waals surface area contributed by atoms with E-state index in [9.17, 15) is 14.4 Å². The average molecular weight is 246 g/mol. The topological polar surface area (TPSA) is 99.1 Å². The van der Waals surface area contributed by atoms with Crippen molar-refractivity contribution in [2.45, 2.75) is 13.8 Å². The summed E-state index contributed by atoms with van der Waals surface area (Å²) in [5.74, 6) is -2.01. The van der Waals surface area contributed by atoms with Crippen LogP contribution >= 0.6 is 0 Å². The summed E-state index contributed by atoms with van der Waals surface area (Å²) >= 11 is 0. The standard InChI is InChI=1S/C10H14O7/c1-3-15-10(14)17-5-4-16-8(11)6-7(2)9(12)13/h6H,3-5H2,1-2H3,(H,12,13). The second-order valence-corrected chi connectivity index (χ2v) is 2.83. The smallest absolute Gasteiger partial charge is 0.478 e. The third kappa shape index (κ3) is 7.83. The second-order valence-electron chi connectivity index (χ2n) is 2.83. The molecule has 0 fully saturated rings. The van der Waals surface area contributed by atoms with Gasteiger partial charge in [-0.2, -0.15) is 0 Å². The van der Waals surface area contributed by atoms with Gasteiger partial charge in [-0.15, -0.1) is 0 Å². The quantitative estimate of drug-likeness (QED) is 0.419. The summed E-state index contributed by atoms with van der Waals surface area (Å²) in [5.41, 5.74) is -0.138. The molecule has 0 saturated carbocycles. The first-order valence-corrected chi connectivity index (χ1v) is 4.85. The first-order chi connectivity index (χ1) is 7.97. The lowest BCUT2D eigenvalue weighted by Crippen LogP contribution is -2.14. The van der Waals surface area contributed by atoms with E-state index >= 15 is 0 Å². The van der Waals surface area contributed by atoms with E-state index in [1.54, 1.807) is 6.92 Å². The Bertz CT molecular complexity index is 319. The van der Waals surface area contributed by atoms with Gasteiger partial charge in [-0.3, -0.25) is 0 Å². The molecule has 1 N–H and O–H groups in total. The Morgan fingerprint density at radius 1 is 1.12 bits per heavy atom. The SMILES string of the molecule is CCOC(=O)OCCOC(=O)C=C(C)C(=O)O. The number of carboxylic acids is 1. The molecule has 0 aromatic rings. The molecule has 0 aliphatic carbocycles. The van der Waals surface area contributed by atoms with Crippen LogP contribution in [0.25, 0.3) is 0 Å². The molecule has 0 saturated heterocycles. The zero-order chi connectivity index (χ0) is 13.3. The van der Waals surface area contributed by atoms with Crippen LogP contribution in [0.4, 0.5) is 4.79 Å². The normalized spacial score (nSPS) is 10.6. The summed E-state index contributed by atoms with van der Waals surface area (Å²) in [6.45, 7) is 2.77. The molecule has 0 bridgehead atoms. The molecule has 0 aromatic heterocycles. The highest BCUT2D eigenvalue weighted by Crippen LogP contribution is 1.94. The van der Waals surface area contributed by atoms with Crippen molar-refractivity contribution < 1.29 is 33.7 Å². The third-order valence-corrected chi connectivity index (χ3v) is 1.48. The number of hydrogen-bond acceptors (Lipinski definition) is 6. The molecule has 0 radical (unpaired) electrons. The largest absolute Gasteiger partial charge is 0.508 e. The van der Waals surface area contributed by atoms with Crippen LogP contribution in [0, 0.1) is 0 Å². The summed E-state index contributed by atoms with van der Waals surface area (Å²) in [6.07, 6.45) is -0.00650. The van der Waals surface area contributed by atoms with E-state index in [1.165, 1.54) is 6.92 Å². The summed E-state index contributed by atoms with van der Waals surface area (Å²) < 4.78 is 13.5. The van der Waals surface area contributed by atoms with Crippen molar-refractivity contribution in [2.75, 3.05) is 19.8 Å². The van der Waals surface area contributed by atoms with Crippen LogP contribution in [-0.4, -0.2) is 43.0 Å². The van der Waals surface area contributed by atoms with Gasteiger partial charge in [0.1, 0.15) is 13.2 Å². The van der Waals surface area contributed by atoms with Crippen LogP contribution in [0.15, 0.2) is 11.6 Å². The maximum Gasteiger partial charge on any atom is 0.508 e. The van der Waals surface area contributed by atoms with Gasteiger partial charge in [0.25, 0.3) is 0 Å². The van der Waals surface area contributed by atoms with Gasteiger partial charge >= 0.3 is 18.1 Å². The molecular weight excluding hydrogens is 232 g/mol. The molecule has 0 aromatic carbocycles. The molecule has 0 atom stereocenters. The average Bonchev–Trinajstić information content (AvgIpc) is 2.24. The molecule has 0 aliphatic rings. The Morgan fingerprint density at radius 2 is 1.71 bits per heavy atom. The fourth-order valence-corrected chi connectivity index (χ4v) is 0.707. The van der Waals surface area contributed by atoms with Gasteiger partial charge in [0.15, 0.2) is 0 Å². The number of carbonyl (C=O) groups is 3. The Kier molecular flexibility index (Phi) is 7.16.